The number of hydrogen-bond donors (Lipinski definition) is 1. The fraction of sp³-hybridized carbons (Fsp3) is 0.167. The smallest absolute Gasteiger partial charge is 0.303 e. The minimum Gasteiger partial charge on any atom is -0.496 e. The topological polar surface area (TPSA) is 66.8 Å². The Bertz CT molecular complexity index is 1030. The molecule has 0 saturated carbocycles. The second-order valence-corrected chi connectivity index (χ2v) is 7.54. The molecule has 154 valence electrons. The molecule has 30 heavy (non-hydrogen) atoms. The third-order valence-electron chi connectivity index (χ3n) is 4.72. The Kier molecular flexibility index (Phi) is 7.25. The summed E-state index contributed by atoms with van der Waals surface area (Å²) in [6.45, 7) is 0.306. The van der Waals surface area contributed by atoms with Crippen LogP contribution in [0.5, 0.6) is 5.75 Å². The Morgan fingerprint density at radius 3 is 2.30 bits per heavy atom. The number of rotatable bonds is 8. The van der Waals surface area contributed by atoms with Gasteiger partial charge in [-0.2, -0.15) is 0 Å². The van der Waals surface area contributed by atoms with E-state index in [1.165, 1.54) is 0 Å². The largest absolute Gasteiger partial charge is 0.496 e. The number of carboxylic acids is 1. The molecule has 0 unspecified atom stereocenters. The van der Waals surface area contributed by atoms with Crippen LogP contribution in [0.4, 0.5) is 5.69 Å². The summed E-state index contributed by atoms with van der Waals surface area (Å²) in [5, 5.41) is 8.99. The van der Waals surface area contributed by atoms with Gasteiger partial charge in [0.05, 0.1) is 12.7 Å². The van der Waals surface area contributed by atoms with Crippen molar-refractivity contribution >= 4 is 33.5 Å². The van der Waals surface area contributed by atoms with Crippen LogP contribution >= 0.6 is 15.9 Å². The molecule has 0 aliphatic heterocycles. The number of methoxy groups -OCH3 is 1. The summed E-state index contributed by atoms with van der Waals surface area (Å²) < 4.78 is 6.13. The number of aliphatic carboxylic acids is 1. The molecular weight excluding hydrogens is 446 g/mol. The van der Waals surface area contributed by atoms with Gasteiger partial charge in [-0.15, -0.1) is 0 Å². The molecule has 0 aliphatic rings. The normalized spacial score (nSPS) is 10.5. The van der Waals surface area contributed by atoms with Crippen molar-refractivity contribution in [1.29, 1.82) is 0 Å². The first-order chi connectivity index (χ1) is 14.5. The van der Waals surface area contributed by atoms with Gasteiger partial charge >= 0.3 is 5.97 Å². The summed E-state index contributed by atoms with van der Waals surface area (Å²) in [7, 11) is 1.63. The third kappa shape index (κ3) is 5.07. The highest BCUT2D eigenvalue weighted by atomic mass is 79.9. The fourth-order valence-electron chi connectivity index (χ4n) is 3.22. The van der Waals surface area contributed by atoms with Gasteiger partial charge in [-0.1, -0.05) is 42.5 Å². The van der Waals surface area contributed by atoms with E-state index in [0.29, 0.717) is 28.7 Å². The van der Waals surface area contributed by atoms with Gasteiger partial charge < -0.3 is 14.7 Å². The Morgan fingerprint density at radius 2 is 1.63 bits per heavy atom. The zero-order valence-corrected chi connectivity index (χ0v) is 18.1. The van der Waals surface area contributed by atoms with Crippen molar-refractivity contribution in [1.82, 2.24) is 0 Å². The standard InChI is InChI=1S/C24H22BrNO4/c1-30-22-10-5-3-7-19(22)17-12-14-18(15-13-17)26(16-6-11-23(27)28)24(29)20-8-2-4-9-21(20)25/h2-5,7-10,12-15H,6,11,16H2,1H3,(H,27,28). The molecule has 0 fully saturated rings. The van der Waals surface area contributed by atoms with Gasteiger partial charge in [0.25, 0.3) is 5.91 Å². The number of halogens is 1. The molecule has 0 atom stereocenters. The minimum absolute atomic E-state index is 0.000955. The number of nitrogens with zero attached hydrogens (tertiary/aromatic N) is 1. The van der Waals surface area contributed by atoms with Gasteiger partial charge in [0, 0.05) is 28.7 Å². The number of carboxylic acid groups (broad SMARTS) is 1. The Labute approximate surface area is 184 Å². The number of benzene rings is 3. The van der Waals surface area contributed by atoms with E-state index in [4.69, 9.17) is 9.84 Å². The highest BCUT2D eigenvalue weighted by Gasteiger charge is 2.20. The maximum Gasteiger partial charge on any atom is 0.303 e. The number of carbonyl (C=O) groups is 2. The lowest BCUT2D eigenvalue weighted by atomic mass is 10.0. The van der Waals surface area contributed by atoms with E-state index in [2.05, 4.69) is 15.9 Å². The van der Waals surface area contributed by atoms with Crippen molar-refractivity contribution in [3.63, 3.8) is 0 Å². The van der Waals surface area contributed by atoms with Crippen LogP contribution in [-0.4, -0.2) is 30.6 Å². The van der Waals surface area contributed by atoms with E-state index in [9.17, 15) is 9.59 Å². The van der Waals surface area contributed by atoms with Crippen LogP contribution in [0.25, 0.3) is 11.1 Å². The molecule has 3 aromatic rings. The van der Waals surface area contributed by atoms with Crippen molar-refractivity contribution in [2.24, 2.45) is 0 Å². The van der Waals surface area contributed by atoms with Crippen LogP contribution in [0.2, 0.25) is 0 Å². The number of ether oxygens (including phenoxy) is 1. The highest BCUT2D eigenvalue weighted by molar-refractivity contribution is 9.10. The first-order valence-corrected chi connectivity index (χ1v) is 10.3. The highest BCUT2D eigenvalue weighted by Crippen LogP contribution is 2.31. The van der Waals surface area contributed by atoms with Crippen molar-refractivity contribution in [2.75, 3.05) is 18.6 Å². The lowest BCUT2D eigenvalue weighted by molar-refractivity contribution is -0.137. The zero-order valence-electron chi connectivity index (χ0n) is 16.5. The molecule has 0 radical (unpaired) electrons. The number of carbonyl (C=O) groups excluding carboxylic acids is 1. The molecule has 0 spiro atoms. The first-order valence-electron chi connectivity index (χ1n) is 9.53. The lowest BCUT2D eigenvalue weighted by Crippen LogP contribution is -2.32. The fourth-order valence-corrected chi connectivity index (χ4v) is 3.67. The molecule has 0 aliphatic carbocycles. The van der Waals surface area contributed by atoms with Crippen LogP contribution in [0.3, 0.4) is 0 Å². The van der Waals surface area contributed by atoms with E-state index in [-0.39, 0.29) is 12.3 Å². The number of anilines is 1. The second kappa shape index (κ2) is 10.1. The van der Waals surface area contributed by atoms with Gasteiger partial charge in [-0.3, -0.25) is 9.59 Å². The number of amides is 1. The molecule has 1 N–H and O–H groups in total. The number of hydrogen-bond acceptors (Lipinski definition) is 3. The Morgan fingerprint density at radius 1 is 0.967 bits per heavy atom. The molecule has 5 nitrogen and oxygen atoms in total. The van der Waals surface area contributed by atoms with E-state index < -0.39 is 5.97 Å². The quantitative estimate of drug-likeness (QED) is 0.465. The summed E-state index contributed by atoms with van der Waals surface area (Å²) in [6.07, 6.45) is 0.360. The summed E-state index contributed by atoms with van der Waals surface area (Å²) >= 11 is 3.43. The Balaban J connectivity index is 1.92. The molecule has 3 rings (SSSR count). The molecule has 6 heteroatoms. The van der Waals surface area contributed by atoms with Crippen LogP contribution in [0.1, 0.15) is 23.2 Å². The van der Waals surface area contributed by atoms with Gasteiger partial charge in [-0.25, -0.2) is 0 Å². The first kappa shape index (κ1) is 21.6. The lowest BCUT2D eigenvalue weighted by Gasteiger charge is -2.24. The van der Waals surface area contributed by atoms with E-state index in [1.807, 2.05) is 60.7 Å². The van der Waals surface area contributed by atoms with E-state index in [1.54, 1.807) is 24.1 Å². The SMILES string of the molecule is COc1ccccc1-c1ccc(N(CCCC(=O)O)C(=O)c2ccccc2Br)cc1. The average Bonchev–Trinajstić information content (AvgIpc) is 2.76. The van der Waals surface area contributed by atoms with Crippen LogP contribution < -0.4 is 9.64 Å². The molecule has 3 aromatic carbocycles. The maximum absolute atomic E-state index is 13.2. The summed E-state index contributed by atoms with van der Waals surface area (Å²) in [4.78, 5) is 25.8. The molecular formula is C24H22BrNO4. The average molecular weight is 468 g/mol. The van der Waals surface area contributed by atoms with Gasteiger partial charge in [0.15, 0.2) is 0 Å². The van der Waals surface area contributed by atoms with Gasteiger partial charge in [0.2, 0.25) is 0 Å². The minimum atomic E-state index is -0.880. The van der Waals surface area contributed by atoms with Crippen LogP contribution in [0, 0.1) is 0 Å². The molecule has 0 saturated heterocycles. The molecule has 1 amide bonds. The summed E-state index contributed by atoms with van der Waals surface area (Å²) in [5.74, 6) is -0.291. The summed E-state index contributed by atoms with van der Waals surface area (Å²) in [6, 6.07) is 22.6. The number of para-hydroxylation sites is 1. The Hall–Kier alpha value is -3.12. The zero-order chi connectivity index (χ0) is 21.5. The van der Waals surface area contributed by atoms with Crippen molar-refractivity contribution in [3.8, 4) is 16.9 Å². The van der Waals surface area contributed by atoms with Crippen molar-refractivity contribution in [2.45, 2.75) is 12.8 Å². The maximum atomic E-state index is 13.2. The van der Waals surface area contributed by atoms with Gasteiger partial charge in [0.1, 0.15) is 5.75 Å². The third-order valence-corrected chi connectivity index (χ3v) is 5.41. The molecule has 0 heterocycles. The molecule has 0 bridgehead atoms. The van der Waals surface area contributed by atoms with Crippen molar-refractivity contribution < 1.29 is 19.4 Å². The summed E-state index contributed by atoms with van der Waals surface area (Å²) in [5.41, 5.74) is 3.16. The van der Waals surface area contributed by atoms with Crippen LogP contribution in [0.15, 0.2) is 77.3 Å². The van der Waals surface area contributed by atoms with Crippen LogP contribution in [-0.2, 0) is 4.79 Å². The molecule has 0 aromatic heterocycles. The van der Waals surface area contributed by atoms with Crippen molar-refractivity contribution in [3.05, 3.63) is 82.8 Å². The van der Waals surface area contributed by atoms with Gasteiger partial charge in [-0.05, 0) is 58.2 Å². The predicted molar refractivity (Wildman–Crippen MR) is 121 cm³/mol. The monoisotopic (exact) mass is 467 g/mol. The van der Waals surface area contributed by atoms with E-state index >= 15 is 0 Å². The predicted octanol–water partition coefficient (Wildman–Crippen LogP) is 5.64. The second-order valence-electron chi connectivity index (χ2n) is 6.68. The van der Waals surface area contributed by atoms with E-state index in [0.717, 1.165) is 16.9 Å².